The third-order valence-electron chi connectivity index (χ3n) is 4.59. The van der Waals surface area contributed by atoms with Crippen molar-refractivity contribution in [3.05, 3.63) is 42.2 Å². The third kappa shape index (κ3) is 3.30. The second kappa shape index (κ2) is 6.36. The maximum Gasteiger partial charge on any atom is 0.316 e. The van der Waals surface area contributed by atoms with Crippen molar-refractivity contribution in [2.24, 2.45) is 0 Å². The third-order valence-corrected chi connectivity index (χ3v) is 4.59. The van der Waals surface area contributed by atoms with E-state index >= 15 is 0 Å². The Morgan fingerprint density at radius 2 is 2.12 bits per heavy atom. The summed E-state index contributed by atoms with van der Waals surface area (Å²) in [5.74, 6) is -0.108. The highest BCUT2D eigenvalue weighted by Gasteiger charge is 2.48. The fourth-order valence-corrected chi connectivity index (χ4v) is 3.34. The van der Waals surface area contributed by atoms with E-state index in [2.05, 4.69) is 19.9 Å². The first kappa shape index (κ1) is 15.9. The Hall–Kier alpha value is -2.61. The predicted octanol–water partition coefficient (Wildman–Crippen LogP) is 1.03. The van der Waals surface area contributed by atoms with Crippen LogP contribution in [0, 0.1) is 6.92 Å². The molecule has 2 aliphatic rings. The molecular formula is C17H19N5O3. The molecule has 0 radical (unpaired) electrons. The van der Waals surface area contributed by atoms with E-state index in [9.17, 15) is 4.79 Å². The molecule has 0 N–H and O–H groups in total. The summed E-state index contributed by atoms with van der Waals surface area (Å²) >= 11 is 0. The number of nitrogens with zero attached hydrogens (tertiary/aromatic N) is 5. The maximum absolute atomic E-state index is 12.6. The van der Waals surface area contributed by atoms with Crippen molar-refractivity contribution in [2.75, 3.05) is 19.7 Å². The Labute approximate surface area is 145 Å². The van der Waals surface area contributed by atoms with Crippen molar-refractivity contribution in [1.29, 1.82) is 0 Å². The fraction of sp³-hybridized carbons (Fsp3) is 0.471. The second-order valence-electron chi connectivity index (χ2n) is 6.49. The summed E-state index contributed by atoms with van der Waals surface area (Å²) in [5, 5.41) is 0. The van der Waals surface area contributed by atoms with E-state index in [1.165, 1.54) is 6.20 Å². The van der Waals surface area contributed by atoms with Crippen LogP contribution in [0.3, 0.4) is 0 Å². The number of amides is 1. The van der Waals surface area contributed by atoms with Crippen molar-refractivity contribution < 1.29 is 14.3 Å². The van der Waals surface area contributed by atoms with Crippen LogP contribution in [-0.2, 0) is 4.74 Å². The van der Waals surface area contributed by atoms with Crippen LogP contribution in [0.1, 0.15) is 29.0 Å². The average molecular weight is 341 g/mol. The number of aryl methyl sites for hydroxylation is 1. The average Bonchev–Trinajstić information content (AvgIpc) is 3.23. The van der Waals surface area contributed by atoms with Gasteiger partial charge in [-0.3, -0.25) is 9.78 Å². The summed E-state index contributed by atoms with van der Waals surface area (Å²) in [6.45, 7) is 3.50. The molecule has 0 saturated carbocycles. The molecule has 2 aromatic heterocycles. The van der Waals surface area contributed by atoms with E-state index in [0.717, 1.165) is 12.1 Å². The number of carbonyl (C=O) groups is 1. The van der Waals surface area contributed by atoms with E-state index in [1.807, 2.05) is 6.92 Å². The van der Waals surface area contributed by atoms with Crippen molar-refractivity contribution >= 4 is 5.91 Å². The Kier molecular flexibility index (Phi) is 4.04. The molecule has 1 amide bonds. The number of ether oxygens (including phenoxy) is 2. The highest BCUT2D eigenvalue weighted by Crippen LogP contribution is 2.36. The second-order valence-corrected chi connectivity index (χ2v) is 6.49. The van der Waals surface area contributed by atoms with Gasteiger partial charge in [0.15, 0.2) is 0 Å². The lowest BCUT2D eigenvalue weighted by Crippen LogP contribution is -2.36. The van der Waals surface area contributed by atoms with Crippen LogP contribution in [-0.4, -0.2) is 62.1 Å². The lowest BCUT2D eigenvalue weighted by Gasteiger charge is -2.23. The molecule has 0 bridgehead atoms. The van der Waals surface area contributed by atoms with Crippen LogP contribution in [0.25, 0.3) is 0 Å². The summed E-state index contributed by atoms with van der Waals surface area (Å²) in [6.07, 6.45) is 7.82. The standard InChI is InChI=1S/C17H19N5O3/c1-12-8-21-14(9-20-12)15(23)22-6-3-17(11-22)7-13(10-24-17)25-16-18-4-2-5-19-16/h2,4-5,8-9,13H,3,6-7,10-11H2,1H3/t13-,17-/m1/s1. The van der Waals surface area contributed by atoms with Crippen molar-refractivity contribution in [3.63, 3.8) is 0 Å². The fourth-order valence-electron chi connectivity index (χ4n) is 3.34. The molecule has 1 spiro atoms. The SMILES string of the molecule is Cc1cnc(C(=O)N2CC[C@@]3(C[C@@H](Oc4ncccn4)CO3)C2)cn1. The summed E-state index contributed by atoms with van der Waals surface area (Å²) < 4.78 is 11.8. The minimum Gasteiger partial charge on any atom is -0.458 e. The van der Waals surface area contributed by atoms with Gasteiger partial charge in [0.2, 0.25) is 0 Å². The van der Waals surface area contributed by atoms with Gasteiger partial charge in [-0.1, -0.05) is 0 Å². The van der Waals surface area contributed by atoms with Gasteiger partial charge < -0.3 is 14.4 Å². The molecule has 2 aromatic rings. The first-order valence-corrected chi connectivity index (χ1v) is 8.29. The van der Waals surface area contributed by atoms with E-state index in [4.69, 9.17) is 9.47 Å². The number of aromatic nitrogens is 4. The van der Waals surface area contributed by atoms with Crippen molar-refractivity contribution in [3.8, 4) is 6.01 Å². The Morgan fingerprint density at radius 3 is 2.88 bits per heavy atom. The minimum absolute atomic E-state index is 0.100. The molecule has 4 heterocycles. The van der Waals surface area contributed by atoms with Crippen LogP contribution in [0.4, 0.5) is 0 Å². The van der Waals surface area contributed by atoms with Crippen LogP contribution < -0.4 is 4.74 Å². The van der Waals surface area contributed by atoms with Gasteiger partial charge in [0, 0.05) is 31.6 Å². The molecule has 2 aliphatic heterocycles. The van der Waals surface area contributed by atoms with Crippen molar-refractivity contribution in [2.45, 2.75) is 31.5 Å². The zero-order valence-electron chi connectivity index (χ0n) is 14.0. The van der Waals surface area contributed by atoms with Gasteiger partial charge in [-0.25, -0.2) is 15.0 Å². The molecule has 2 fully saturated rings. The molecular weight excluding hydrogens is 322 g/mol. The Bertz CT molecular complexity index is 755. The normalized spacial score (nSPS) is 25.5. The van der Waals surface area contributed by atoms with Gasteiger partial charge in [-0.15, -0.1) is 0 Å². The van der Waals surface area contributed by atoms with E-state index in [0.29, 0.717) is 37.8 Å². The van der Waals surface area contributed by atoms with Gasteiger partial charge in [0.25, 0.3) is 5.91 Å². The summed E-state index contributed by atoms with van der Waals surface area (Å²) in [6, 6.07) is 2.10. The van der Waals surface area contributed by atoms with E-state index < -0.39 is 0 Å². The highest BCUT2D eigenvalue weighted by molar-refractivity contribution is 5.92. The topological polar surface area (TPSA) is 90.3 Å². The van der Waals surface area contributed by atoms with Gasteiger partial charge >= 0.3 is 6.01 Å². The Balaban J connectivity index is 1.38. The zero-order valence-corrected chi connectivity index (χ0v) is 14.0. The molecule has 4 rings (SSSR count). The van der Waals surface area contributed by atoms with E-state index in [1.54, 1.807) is 29.6 Å². The summed E-state index contributed by atoms with van der Waals surface area (Å²) in [5.41, 5.74) is 0.801. The minimum atomic E-state index is -0.354. The van der Waals surface area contributed by atoms with Gasteiger partial charge in [-0.05, 0) is 19.4 Å². The molecule has 0 unspecified atom stereocenters. The lowest BCUT2D eigenvalue weighted by molar-refractivity contribution is 0.00967. The first-order chi connectivity index (χ1) is 12.1. The number of hydrogen-bond acceptors (Lipinski definition) is 7. The lowest BCUT2D eigenvalue weighted by atomic mass is 9.98. The Morgan fingerprint density at radius 1 is 1.28 bits per heavy atom. The highest BCUT2D eigenvalue weighted by atomic mass is 16.6. The number of rotatable bonds is 3. The molecule has 8 heteroatoms. The molecule has 130 valence electrons. The van der Waals surface area contributed by atoms with Crippen LogP contribution >= 0.6 is 0 Å². The molecule has 0 aliphatic carbocycles. The molecule has 2 saturated heterocycles. The first-order valence-electron chi connectivity index (χ1n) is 8.29. The molecule has 8 nitrogen and oxygen atoms in total. The number of carbonyl (C=O) groups excluding carboxylic acids is 1. The monoisotopic (exact) mass is 341 g/mol. The number of hydrogen-bond donors (Lipinski definition) is 0. The molecule has 2 atom stereocenters. The van der Waals surface area contributed by atoms with Crippen molar-refractivity contribution in [1.82, 2.24) is 24.8 Å². The quantitative estimate of drug-likeness (QED) is 0.823. The zero-order chi connectivity index (χ0) is 17.3. The number of likely N-dealkylation sites (tertiary alicyclic amines) is 1. The van der Waals surface area contributed by atoms with Crippen LogP contribution in [0.15, 0.2) is 30.9 Å². The summed E-state index contributed by atoms with van der Waals surface area (Å²) in [4.78, 5) is 30.8. The smallest absolute Gasteiger partial charge is 0.316 e. The van der Waals surface area contributed by atoms with Crippen LogP contribution in [0.5, 0.6) is 6.01 Å². The molecule has 25 heavy (non-hydrogen) atoms. The predicted molar refractivity (Wildman–Crippen MR) is 87.0 cm³/mol. The summed E-state index contributed by atoms with van der Waals surface area (Å²) in [7, 11) is 0. The largest absolute Gasteiger partial charge is 0.458 e. The maximum atomic E-state index is 12.6. The van der Waals surface area contributed by atoms with Crippen LogP contribution in [0.2, 0.25) is 0 Å². The molecule has 0 aromatic carbocycles. The van der Waals surface area contributed by atoms with Gasteiger partial charge in [-0.2, -0.15) is 0 Å². The van der Waals surface area contributed by atoms with Gasteiger partial charge in [0.05, 0.1) is 30.6 Å². The van der Waals surface area contributed by atoms with E-state index in [-0.39, 0.29) is 17.6 Å². The van der Waals surface area contributed by atoms with Gasteiger partial charge in [0.1, 0.15) is 11.8 Å².